The van der Waals surface area contributed by atoms with Crippen LogP contribution in [0.15, 0.2) is 221 Å². The molecule has 0 fully saturated rings. The second-order valence-corrected chi connectivity index (χ2v) is 15.9. The van der Waals surface area contributed by atoms with E-state index >= 15 is 0 Å². The Morgan fingerprint density at radius 2 is 0.833 bits per heavy atom. The maximum Gasteiger partial charge on any atom is 0.143 e. The van der Waals surface area contributed by atoms with Crippen molar-refractivity contribution >= 4 is 43.9 Å². The molecule has 2 aromatic heterocycles. The van der Waals surface area contributed by atoms with Crippen LogP contribution in [0.3, 0.4) is 0 Å². The summed E-state index contributed by atoms with van der Waals surface area (Å²) in [6.45, 7) is 0. The quantitative estimate of drug-likeness (QED) is 0.138. The average Bonchev–Trinajstić information content (AvgIpc) is 3.90. The Balaban J connectivity index is 0.948. The van der Waals surface area contributed by atoms with E-state index < -0.39 is 0 Å². The Morgan fingerprint density at radius 3 is 1.43 bits per heavy atom. The lowest BCUT2D eigenvalue weighted by Crippen LogP contribution is -2.06. The molecule has 60 heavy (non-hydrogen) atoms. The van der Waals surface area contributed by atoms with Gasteiger partial charge in [-0.2, -0.15) is 0 Å². The largest absolute Gasteiger partial charge is 0.455 e. The molecule has 9 aromatic carbocycles. The fraction of sp³-hybridized carbons (Fsp3) is 0.0690. The first-order chi connectivity index (χ1) is 29.7. The topological polar surface area (TPSA) is 26.3 Å². The average molecular weight is 771 g/mol. The number of fused-ring (bicyclic) bond motifs is 6. The van der Waals surface area contributed by atoms with Gasteiger partial charge in [-0.3, -0.25) is 0 Å². The smallest absolute Gasteiger partial charge is 0.143 e. The first-order valence-corrected chi connectivity index (χ1v) is 21.0. The second-order valence-electron chi connectivity index (χ2n) is 15.9. The fourth-order valence-corrected chi connectivity index (χ4v) is 9.22. The van der Waals surface area contributed by atoms with Crippen molar-refractivity contribution in [1.82, 2.24) is 0 Å². The summed E-state index contributed by atoms with van der Waals surface area (Å²) < 4.78 is 12.9. The molecule has 0 N–H and O–H groups in total. The van der Waals surface area contributed by atoms with Crippen LogP contribution in [0.5, 0.6) is 0 Å². The maximum atomic E-state index is 6.45. The molecule has 0 bridgehead atoms. The van der Waals surface area contributed by atoms with E-state index in [1.54, 1.807) is 0 Å². The van der Waals surface area contributed by atoms with E-state index in [-0.39, 0.29) is 5.92 Å². The minimum absolute atomic E-state index is 0.287. The Hall–Kier alpha value is -7.42. The summed E-state index contributed by atoms with van der Waals surface area (Å²) in [4.78, 5) is 0. The molecule has 0 aliphatic heterocycles. The van der Waals surface area contributed by atoms with Crippen LogP contribution >= 0.6 is 0 Å². The molecule has 0 spiro atoms. The summed E-state index contributed by atoms with van der Waals surface area (Å²) in [5.74, 6) is 0.287. The zero-order valence-electron chi connectivity index (χ0n) is 33.2. The molecular formula is C58H42O2. The van der Waals surface area contributed by atoms with Crippen LogP contribution in [0.1, 0.15) is 29.0 Å². The van der Waals surface area contributed by atoms with Crippen molar-refractivity contribution in [3.05, 3.63) is 229 Å². The van der Waals surface area contributed by atoms with Crippen LogP contribution in [0.25, 0.3) is 88.4 Å². The highest BCUT2D eigenvalue weighted by atomic mass is 16.3. The number of furan rings is 2. The van der Waals surface area contributed by atoms with Crippen molar-refractivity contribution in [1.29, 1.82) is 0 Å². The summed E-state index contributed by atoms with van der Waals surface area (Å²) in [5.41, 5.74) is 17.3. The monoisotopic (exact) mass is 770 g/mol. The fourth-order valence-electron chi connectivity index (χ4n) is 9.22. The molecule has 2 nitrogen and oxygen atoms in total. The molecule has 1 unspecified atom stereocenters. The van der Waals surface area contributed by atoms with Gasteiger partial charge in [0.2, 0.25) is 0 Å². The zero-order chi connectivity index (χ0) is 39.8. The molecule has 286 valence electrons. The molecule has 11 aromatic rings. The van der Waals surface area contributed by atoms with Crippen molar-refractivity contribution in [2.24, 2.45) is 0 Å². The van der Waals surface area contributed by atoms with Gasteiger partial charge in [0, 0.05) is 32.7 Å². The van der Waals surface area contributed by atoms with Gasteiger partial charge in [-0.1, -0.05) is 200 Å². The van der Waals surface area contributed by atoms with Crippen LogP contribution in [-0.4, -0.2) is 0 Å². The van der Waals surface area contributed by atoms with Crippen molar-refractivity contribution in [3.8, 4) is 44.5 Å². The van der Waals surface area contributed by atoms with Gasteiger partial charge >= 0.3 is 0 Å². The lowest BCUT2D eigenvalue weighted by atomic mass is 9.84. The number of para-hydroxylation sites is 4. The van der Waals surface area contributed by atoms with E-state index in [0.29, 0.717) is 0 Å². The predicted molar refractivity (Wildman–Crippen MR) is 250 cm³/mol. The Labute approximate surface area is 350 Å². The van der Waals surface area contributed by atoms with Crippen LogP contribution in [0.2, 0.25) is 0 Å². The molecule has 0 aliphatic carbocycles. The van der Waals surface area contributed by atoms with Gasteiger partial charge < -0.3 is 8.83 Å². The van der Waals surface area contributed by atoms with Crippen molar-refractivity contribution in [2.45, 2.75) is 25.2 Å². The normalized spacial score (nSPS) is 12.1. The first kappa shape index (κ1) is 35.7. The first-order valence-electron chi connectivity index (χ1n) is 21.0. The number of hydrogen-bond donors (Lipinski definition) is 0. The number of aryl methyl sites for hydroxylation is 1. The summed E-state index contributed by atoms with van der Waals surface area (Å²) in [6.07, 6.45) is 2.87. The van der Waals surface area contributed by atoms with Crippen molar-refractivity contribution < 1.29 is 8.83 Å². The van der Waals surface area contributed by atoms with Crippen LogP contribution in [0, 0.1) is 0 Å². The number of rotatable bonds is 10. The van der Waals surface area contributed by atoms with Crippen LogP contribution in [0.4, 0.5) is 0 Å². The highest BCUT2D eigenvalue weighted by Crippen LogP contribution is 2.39. The molecular weight excluding hydrogens is 729 g/mol. The van der Waals surface area contributed by atoms with E-state index in [9.17, 15) is 0 Å². The third kappa shape index (κ3) is 6.67. The Bertz CT molecular complexity index is 3260. The Kier molecular flexibility index (Phi) is 9.17. The molecule has 0 saturated heterocycles. The molecule has 0 saturated carbocycles. The summed E-state index contributed by atoms with van der Waals surface area (Å²) in [7, 11) is 0. The second kappa shape index (κ2) is 15.4. The highest BCUT2D eigenvalue weighted by Gasteiger charge is 2.18. The SMILES string of the molecule is c1ccc(-c2ccc(-c3ccccc3)c(CCC(Cc3ccc(-c4cccc5c4oc4ccccc45)cc3)c3ccc(-c4cccc5c4oc4ccccc45)cc3)c2)cc1. The van der Waals surface area contributed by atoms with Gasteiger partial charge in [-0.25, -0.2) is 0 Å². The van der Waals surface area contributed by atoms with Crippen molar-refractivity contribution in [3.63, 3.8) is 0 Å². The van der Waals surface area contributed by atoms with E-state index in [1.165, 1.54) is 38.9 Å². The minimum atomic E-state index is 0.287. The van der Waals surface area contributed by atoms with E-state index in [2.05, 4.69) is 200 Å². The van der Waals surface area contributed by atoms with E-state index in [4.69, 9.17) is 8.83 Å². The molecule has 0 aliphatic rings. The number of hydrogen-bond acceptors (Lipinski definition) is 2. The van der Waals surface area contributed by atoms with Crippen molar-refractivity contribution in [2.75, 3.05) is 0 Å². The van der Waals surface area contributed by atoms with Gasteiger partial charge in [0.1, 0.15) is 22.3 Å². The highest BCUT2D eigenvalue weighted by molar-refractivity contribution is 6.10. The third-order valence-electron chi connectivity index (χ3n) is 12.3. The van der Waals surface area contributed by atoms with E-state index in [0.717, 1.165) is 85.4 Å². The lowest BCUT2D eigenvalue weighted by molar-refractivity contribution is 0.621. The van der Waals surface area contributed by atoms with Gasteiger partial charge in [0.15, 0.2) is 0 Å². The summed E-state index contributed by atoms with van der Waals surface area (Å²) in [5, 5.41) is 4.60. The summed E-state index contributed by atoms with van der Waals surface area (Å²) in [6, 6.07) is 76.5. The summed E-state index contributed by atoms with van der Waals surface area (Å²) >= 11 is 0. The number of benzene rings is 9. The molecule has 1 atom stereocenters. The van der Waals surface area contributed by atoms with E-state index in [1.807, 2.05) is 12.1 Å². The molecule has 11 rings (SSSR count). The molecule has 2 heteroatoms. The third-order valence-corrected chi connectivity index (χ3v) is 12.3. The minimum Gasteiger partial charge on any atom is -0.455 e. The van der Waals surface area contributed by atoms with Crippen LogP contribution < -0.4 is 0 Å². The van der Waals surface area contributed by atoms with Gasteiger partial charge in [0.05, 0.1) is 0 Å². The zero-order valence-corrected chi connectivity index (χ0v) is 33.2. The molecule has 0 amide bonds. The van der Waals surface area contributed by atoms with Gasteiger partial charge in [-0.15, -0.1) is 0 Å². The standard InChI is InChI=1S/C58H42O2/c1-3-13-40(14-4-1)46-35-36-48(42-15-5-2-6-16-42)47(38-46)34-33-45(41-29-31-44(32-30-41)50-20-12-22-54-52-18-8-10-24-56(52)60-58(50)54)37-39-25-27-43(28-26-39)49-19-11-21-53-51-17-7-9-23-55(51)59-57(49)53/h1-32,35-36,38,45H,33-34,37H2. The predicted octanol–water partition coefficient (Wildman–Crippen LogP) is 16.1. The lowest BCUT2D eigenvalue weighted by Gasteiger charge is -2.20. The molecule has 2 heterocycles. The Morgan fingerprint density at radius 1 is 0.350 bits per heavy atom. The molecule has 0 radical (unpaired) electrons. The van der Waals surface area contributed by atoms with Gasteiger partial charge in [-0.05, 0) is 87.4 Å². The maximum absolute atomic E-state index is 6.45. The van der Waals surface area contributed by atoms with Gasteiger partial charge in [0.25, 0.3) is 0 Å². The van der Waals surface area contributed by atoms with Crippen LogP contribution in [-0.2, 0) is 12.8 Å².